The van der Waals surface area contributed by atoms with Gasteiger partial charge in [0.25, 0.3) is 5.91 Å². The van der Waals surface area contributed by atoms with E-state index in [4.69, 9.17) is 0 Å². The minimum atomic E-state index is -0.857. The predicted octanol–water partition coefficient (Wildman–Crippen LogP) is 4.93. The van der Waals surface area contributed by atoms with Gasteiger partial charge in [0.2, 0.25) is 5.95 Å². The lowest BCUT2D eigenvalue weighted by atomic mass is 10.1. The van der Waals surface area contributed by atoms with Crippen molar-refractivity contribution in [1.82, 2.24) is 9.97 Å². The molecule has 2 N–H and O–H groups in total. The van der Waals surface area contributed by atoms with Crippen LogP contribution in [0.4, 0.5) is 26.1 Å². The van der Waals surface area contributed by atoms with Crippen LogP contribution in [-0.2, 0) is 6.42 Å². The Balaban J connectivity index is 1.91. The lowest BCUT2D eigenvalue weighted by molar-refractivity contribution is 0.102. The summed E-state index contributed by atoms with van der Waals surface area (Å²) in [5.74, 6) is -2.20. The smallest absolute Gasteiger partial charge is 0.274 e. The summed E-state index contributed by atoms with van der Waals surface area (Å²) in [6, 6.07) is 10.8. The molecule has 28 heavy (non-hydrogen) atoms. The number of nitrogens with zero attached hydrogens (tertiary/aromatic N) is 2. The molecule has 1 amide bonds. The van der Waals surface area contributed by atoms with Gasteiger partial charge in [-0.1, -0.05) is 31.2 Å². The molecule has 0 fully saturated rings. The Labute approximate surface area is 161 Å². The third-order valence-corrected chi connectivity index (χ3v) is 4.26. The summed E-state index contributed by atoms with van der Waals surface area (Å²) in [5.41, 5.74) is 3.02. The van der Waals surface area contributed by atoms with Gasteiger partial charge in [-0.3, -0.25) is 4.79 Å². The first-order valence-corrected chi connectivity index (χ1v) is 8.85. The fraction of sp³-hybridized carbons (Fsp3) is 0.190. The van der Waals surface area contributed by atoms with Crippen LogP contribution in [0.3, 0.4) is 0 Å². The molecule has 0 aliphatic carbocycles. The molecular weight excluding hydrogens is 362 g/mol. The summed E-state index contributed by atoms with van der Waals surface area (Å²) in [4.78, 5) is 21.0. The summed E-state index contributed by atoms with van der Waals surface area (Å²) in [6.45, 7) is 5.72. The molecule has 0 radical (unpaired) electrons. The second kappa shape index (κ2) is 8.12. The number of carbonyl (C=O) groups is 1. The first kappa shape index (κ1) is 19.4. The van der Waals surface area contributed by atoms with E-state index < -0.39 is 23.2 Å². The molecule has 3 rings (SSSR count). The van der Waals surface area contributed by atoms with Crippen molar-refractivity contribution in [3.63, 3.8) is 0 Å². The highest BCUT2D eigenvalue weighted by atomic mass is 19.1. The largest absolute Gasteiger partial charge is 0.324 e. The Morgan fingerprint density at radius 1 is 1.00 bits per heavy atom. The number of nitrogens with one attached hydrogen (secondary N) is 2. The number of anilines is 3. The van der Waals surface area contributed by atoms with Crippen molar-refractivity contribution in [2.75, 3.05) is 10.6 Å². The monoisotopic (exact) mass is 382 g/mol. The molecular formula is C21H20F2N4O. The molecule has 0 saturated heterocycles. The third kappa shape index (κ3) is 4.14. The van der Waals surface area contributed by atoms with Gasteiger partial charge in [0, 0.05) is 11.4 Å². The number of aromatic nitrogens is 2. The number of carbonyl (C=O) groups excluding carboxylic acids is 1. The normalized spacial score (nSPS) is 10.6. The van der Waals surface area contributed by atoms with Crippen LogP contribution >= 0.6 is 0 Å². The van der Waals surface area contributed by atoms with Gasteiger partial charge < -0.3 is 10.6 Å². The van der Waals surface area contributed by atoms with E-state index in [2.05, 4.69) is 20.6 Å². The van der Waals surface area contributed by atoms with E-state index in [1.807, 2.05) is 32.0 Å². The van der Waals surface area contributed by atoms with Crippen LogP contribution in [0, 0.1) is 25.5 Å². The number of halogens is 2. The lowest BCUT2D eigenvalue weighted by Crippen LogP contribution is -2.17. The maximum Gasteiger partial charge on any atom is 0.274 e. The molecule has 144 valence electrons. The van der Waals surface area contributed by atoms with E-state index in [9.17, 15) is 13.6 Å². The summed E-state index contributed by atoms with van der Waals surface area (Å²) in [5, 5.41) is 5.40. The van der Waals surface area contributed by atoms with Crippen LogP contribution in [0.1, 0.15) is 34.2 Å². The van der Waals surface area contributed by atoms with E-state index in [1.165, 1.54) is 12.1 Å². The number of amides is 1. The van der Waals surface area contributed by atoms with E-state index >= 15 is 0 Å². The molecule has 0 spiro atoms. The Morgan fingerprint density at radius 3 is 2.36 bits per heavy atom. The molecule has 0 aliphatic heterocycles. The summed E-state index contributed by atoms with van der Waals surface area (Å²) in [6.07, 6.45) is 0.815. The Kier molecular flexibility index (Phi) is 5.63. The maximum absolute atomic E-state index is 13.8. The van der Waals surface area contributed by atoms with Crippen LogP contribution in [0.2, 0.25) is 0 Å². The molecule has 3 aromatic rings. The first-order valence-electron chi connectivity index (χ1n) is 8.85. The molecule has 0 unspecified atom stereocenters. The molecule has 0 bridgehead atoms. The lowest BCUT2D eigenvalue weighted by Gasteiger charge is -2.14. The van der Waals surface area contributed by atoms with Crippen LogP contribution in [0.15, 0.2) is 42.5 Å². The zero-order valence-corrected chi connectivity index (χ0v) is 15.8. The van der Waals surface area contributed by atoms with Gasteiger partial charge in [0.05, 0.1) is 0 Å². The van der Waals surface area contributed by atoms with Gasteiger partial charge in [-0.2, -0.15) is 0 Å². The number of rotatable bonds is 5. The van der Waals surface area contributed by atoms with Crippen molar-refractivity contribution in [1.29, 1.82) is 0 Å². The SMILES string of the molecule is CCc1cccc(C)c1Nc1nc(C)cc(C(=O)Nc2c(F)cccc2F)n1. The van der Waals surface area contributed by atoms with Gasteiger partial charge in [-0.15, -0.1) is 0 Å². The Morgan fingerprint density at radius 2 is 1.68 bits per heavy atom. The molecule has 0 aliphatic rings. The number of benzene rings is 2. The zero-order chi connectivity index (χ0) is 20.3. The summed E-state index contributed by atoms with van der Waals surface area (Å²) in [7, 11) is 0. The van der Waals surface area contributed by atoms with E-state index in [0.717, 1.165) is 35.4 Å². The van der Waals surface area contributed by atoms with Crippen molar-refractivity contribution in [3.8, 4) is 0 Å². The van der Waals surface area contributed by atoms with Gasteiger partial charge in [0.1, 0.15) is 23.0 Å². The number of hydrogen-bond donors (Lipinski definition) is 2. The standard InChI is InChI=1S/C21H20F2N4O/c1-4-14-8-5-7-12(2)18(14)27-21-24-13(3)11-17(25-21)20(28)26-19-15(22)9-6-10-16(19)23/h5-11H,4H2,1-3H3,(H,26,28)(H,24,25,27). The highest BCUT2D eigenvalue weighted by Gasteiger charge is 2.16. The van der Waals surface area contributed by atoms with Crippen LogP contribution in [-0.4, -0.2) is 15.9 Å². The quantitative estimate of drug-likeness (QED) is 0.657. The van der Waals surface area contributed by atoms with E-state index in [-0.39, 0.29) is 11.6 Å². The van der Waals surface area contributed by atoms with Crippen molar-refractivity contribution in [2.24, 2.45) is 0 Å². The maximum atomic E-state index is 13.8. The fourth-order valence-corrected chi connectivity index (χ4v) is 2.85. The molecule has 0 atom stereocenters. The summed E-state index contributed by atoms with van der Waals surface area (Å²) >= 11 is 0. The fourth-order valence-electron chi connectivity index (χ4n) is 2.85. The van der Waals surface area contributed by atoms with Crippen molar-refractivity contribution >= 4 is 23.2 Å². The van der Waals surface area contributed by atoms with Gasteiger partial charge in [0.15, 0.2) is 0 Å². The molecule has 0 saturated carbocycles. The second-order valence-corrected chi connectivity index (χ2v) is 6.36. The minimum absolute atomic E-state index is 0.00397. The van der Waals surface area contributed by atoms with Gasteiger partial charge in [-0.05, 0) is 49.6 Å². The van der Waals surface area contributed by atoms with Crippen molar-refractivity contribution < 1.29 is 13.6 Å². The van der Waals surface area contributed by atoms with Crippen LogP contribution in [0.5, 0.6) is 0 Å². The zero-order valence-electron chi connectivity index (χ0n) is 15.8. The molecule has 1 heterocycles. The average molecular weight is 382 g/mol. The number of hydrogen-bond acceptors (Lipinski definition) is 4. The molecule has 7 heteroatoms. The Bertz CT molecular complexity index is 1020. The third-order valence-electron chi connectivity index (χ3n) is 4.26. The van der Waals surface area contributed by atoms with E-state index in [0.29, 0.717) is 5.69 Å². The summed E-state index contributed by atoms with van der Waals surface area (Å²) < 4.78 is 27.6. The van der Waals surface area contributed by atoms with Gasteiger partial charge >= 0.3 is 0 Å². The predicted molar refractivity (Wildman–Crippen MR) is 105 cm³/mol. The van der Waals surface area contributed by atoms with Crippen LogP contribution in [0.25, 0.3) is 0 Å². The molecule has 2 aromatic carbocycles. The topological polar surface area (TPSA) is 66.9 Å². The Hall–Kier alpha value is -3.35. The second-order valence-electron chi connectivity index (χ2n) is 6.36. The van der Waals surface area contributed by atoms with Crippen molar-refractivity contribution in [2.45, 2.75) is 27.2 Å². The van der Waals surface area contributed by atoms with E-state index in [1.54, 1.807) is 6.92 Å². The molecule has 1 aromatic heterocycles. The highest BCUT2D eigenvalue weighted by Crippen LogP contribution is 2.24. The highest BCUT2D eigenvalue weighted by molar-refractivity contribution is 6.03. The molecule has 5 nitrogen and oxygen atoms in total. The average Bonchev–Trinajstić information content (AvgIpc) is 2.66. The number of para-hydroxylation sites is 2. The first-order chi connectivity index (χ1) is 13.4. The minimum Gasteiger partial charge on any atom is -0.324 e. The van der Waals surface area contributed by atoms with Gasteiger partial charge in [-0.25, -0.2) is 18.7 Å². The van der Waals surface area contributed by atoms with Crippen LogP contribution < -0.4 is 10.6 Å². The number of aryl methyl sites for hydroxylation is 3. The van der Waals surface area contributed by atoms with Crippen molar-refractivity contribution in [3.05, 3.63) is 76.6 Å².